The first-order valence-corrected chi connectivity index (χ1v) is 7.67. The Hall–Kier alpha value is -2.90. The van der Waals surface area contributed by atoms with Gasteiger partial charge in [-0.3, -0.25) is 14.4 Å². The number of rotatable bonds is 4. The number of hydrogen-bond acceptors (Lipinski definition) is 5. The zero-order chi connectivity index (χ0) is 17.3. The van der Waals surface area contributed by atoms with E-state index in [4.69, 9.17) is 0 Å². The lowest BCUT2D eigenvalue weighted by Gasteiger charge is -2.25. The first-order valence-electron chi connectivity index (χ1n) is 7.67. The summed E-state index contributed by atoms with van der Waals surface area (Å²) < 4.78 is 0. The Bertz CT molecular complexity index is 717. The maximum atomic E-state index is 12.6. The average Bonchev–Trinajstić information content (AvgIpc) is 2.92. The first-order chi connectivity index (χ1) is 11.5. The van der Waals surface area contributed by atoms with Crippen molar-refractivity contribution in [1.29, 1.82) is 0 Å². The van der Waals surface area contributed by atoms with Gasteiger partial charge in [0.15, 0.2) is 0 Å². The highest BCUT2D eigenvalue weighted by atomic mass is 16.4. The van der Waals surface area contributed by atoms with Gasteiger partial charge in [0.1, 0.15) is 6.04 Å². The van der Waals surface area contributed by atoms with E-state index in [9.17, 15) is 24.3 Å². The molecule has 1 aromatic rings. The summed E-state index contributed by atoms with van der Waals surface area (Å²) in [6.45, 7) is 0.344. The molecule has 24 heavy (non-hydrogen) atoms. The number of carboxylic acid groups (broad SMARTS) is 1. The van der Waals surface area contributed by atoms with Crippen LogP contribution in [0.4, 0.5) is 5.69 Å². The van der Waals surface area contributed by atoms with Gasteiger partial charge in [-0.15, -0.1) is 0 Å². The molecule has 0 aliphatic carbocycles. The molecule has 0 saturated carbocycles. The maximum absolute atomic E-state index is 12.6. The van der Waals surface area contributed by atoms with Gasteiger partial charge in [-0.1, -0.05) is 12.1 Å². The Morgan fingerprint density at radius 2 is 2.00 bits per heavy atom. The van der Waals surface area contributed by atoms with Gasteiger partial charge in [0.25, 0.3) is 5.91 Å². The van der Waals surface area contributed by atoms with Crippen LogP contribution in [-0.4, -0.2) is 47.2 Å². The highest BCUT2D eigenvalue weighted by Crippen LogP contribution is 2.28. The van der Waals surface area contributed by atoms with E-state index in [0.717, 1.165) is 0 Å². The second kappa shape index (κ2) is 6.31. The molecule has 0 bridgehead atoms. The predicted molar refractivity (Wildman–Crippen MR) is 80.7 cm³/mol. The smallest absolute Gasteiger partial charge is 0.256 e. The molecule has 1 fully saturated rings. The van der Waals surface area contributed by atoms with E-state index in [1.165, 1.54) is 4.90 Å². The van der Waals surface area contributed by atoms with Crippen molar-refractivity contribution < 1.29 is 24.3 Å². The SMILES string of the molecule is O=C([O-])CCC(=O)N[C@H]1CCN2C(=O)c3ccccc3NC(=O)[C@H]12. The molecule has 2 N–H and O–H groups in total. The van der Waals surface area contributed by atoms with Crippen molar-refractivity contribution >= 4 is 29.4 Å². The van der Waals surface area contributed by atoms with Gasteiger partial charge in [-0.05, 0) is 25.0 Å². The lowest BCUT2D eigenvalue weighted by molar-refractivity contribution is -0.305. The minimum absolute atomic E-state index is 0.221. The molecular weight excluding hydrogens is 314 g/mol. The Kier molecular flexibility index (Phi) is 4.20. The van der Waals surface area contributed by atoms with E-state index >= 15 is 0 Å². The van der Waals surface area contributed by atoms with Crippen molar-refractivity contribution in [2.75, 3.05) is 11.9 Å². The van der Waals surface area contributed by atoms with Crippen LogP contribution in [0.25, 0.3) is 0 Å². The molecule has 1 aromatic carbocycles. The summed E-state index contributed by atoms with van der Waals surface area (Å²) in [6, 6.07) is 5.39. The summed E-state index contributed by atoms with van der Waals surface area (Å²) in [4.78, 5) is 48.9. The molecule has 0 aromatic heterocycles. The van der Waals surface area contributed by atoms with Gasteiger partial charge in [0.2, 0.25) is 11.8 Å². The van der Waals surface area contributed by atoms with E-state index in [0.29, 0.717) is 24.2 Å². The molecule has 2 atom stereocenters. The Morgan fingerprint density at radius 3 is 2.75 bits per heavy atom. The van der Waals surface area contributed by atoms with Crippen LogP contribution < -0.4 is 15.7 Å². The van der Waals surface area contributed by atoms with Crippen molar-refractivity contribution in [3.63, 3.8) is 0 Å². The fourth-order valence-electron chi connectivity index (χ4n) is 3.13. The number of carboxylic acids is 1. The molecule has 8 nitrogen and oxygen atoms in total. The Balaban J connectivity index is 1.77. The topological polar surface area (TPSA) is 119 Å². The van der Waals surface area contributed by atoms with Gasteiger partial charge in [-0.25, -0.2) is 0 Å². The predicted octanol–water partition coefficient (Wildman–Crippen LogP) is -1.13. The lowest BCUT2D eigenvalue weighted by atomic mass is 10.1. The summed E-state index contributed by atoms with van der Waals surface area (Å²) in [7, 11) is 0. The minimum atomic E-state index is -1.31. The highest BCUT2D eigenvalue weighted by molar-refractivity contribution is 6.10. The van der Waals surface area contributed by atoms with Gasteiger partial charge in [0.05, 0.1) is 17.3 Å². The molecule has 8 heteroatoms. The number of para-hydroxylation sites is 1. The van der Waals surface area contributed by atoms with Gasteiger partial charge in [-0.2, -0.15) is 0 Å². The van der Waals surface area contributed by atoms with Crippen LogP contribution in [0.5, 0.6) is 0 Å². The first kappa shape index (κ1) is 16.0. The number of fused-ring (bicyclic) bond motifs is 2. The number of anilines is 1. The van der Waals surface area contributed by atoms with Crippen molar-refractivity contribution in [3.05, 3.63) is 29.8 Å². The number of aliphatic carboxylic acids is 1. The minimum Gasteiger partial charge on any atom is -0.550 e. The van der Waals surface area contributed by atoms with E-state index < -0.39 is 24.0 Å². The number of nitrogens with zero attached hydrogens (tertiary/aromatic N) is 1. The van der Waals surface area contributed by atoms with Crippen LogP contribution in [0.1, 0.15) is 29.6 Å². The van der Waals surface area contributed by atoms with E-state index in [-0.39, 0.29) is 24.7 Å². The molecule has 1 saturated heterocycles. The van der Waals surface area contributed by atoms with Crippen LogP contribution in [0, 0.1) is 0 Å². The fraction of sp³-hybridized carbons (Fsp3) is 0.375. The van der Waals surface area contributed by atoms with Gasteiger partial charge in [0, 0.05) is 18.9 Å². The van der Waals surface area contributed by atoms with Gasteiger partial charge >= 0.3 is 0 Å². The van der Waals surface area contributed by atoms with E-state index in [1.807, 2.05) is 0 Å². The largest absolute Gasteiger partial charge is 0.550 e. The van der Waals surface area contributed by atoms with Crippen molar-refractivity contribution in [3.8, 4) is 0 Å². The van der Waals surface area contributed by atoms with E-state index in [2.05, 4.69) is 10.6 Å². The number of nitrogens with one attached hydrogen (secondary N) is 2. The average molecular weight is 330 g/mol. The Morgan fingerprint density at radius 1 is 1.25 bits per heavy atom. The number of hydrogen-bond donors (Lipinski definition) is 2. The number of carbonyl (C=O) groups excluding carboxylic acids is 4. The molecule has 2 aliphatic heterocycles. The third-order valence-corrected chi connectivity index (χ3v) is 4.25. The molecular formula is C16H16N3O5-. The van der Waals surface area contributed by atoms with Crippen LogP contribution >= 0.6 is 0 Å². The zero-order valence-corrected chi connectivity index (χ0v) is 12.8. The molecule has 2 aliphatic rings. The van der Waals surface area contributed by atoms with Crippen molar-refractivity contribution in [2.45, 2.75) is 31.3 Å². The summed E-state index contributed by atoms with van der Waals surface area (Å²) >= 11 is 0. The number of amides is 3. The summed E-state index contributed by atoms with van der Waals surface area (Å²) in [5.74, 6) is -2.42. The van der Waals surface area contributed by atoms with Gasteiger partial charge < -0.3 is 25.4 Å². The van der Waals surface area contributed by atoms with E-state index in [1.54, 1.807) is 24.3 Å². The molecule has 0 unspecified atom stereocenters. The standard InChI is InChI=1S/C16H17N3O5/c20-12(5-6-13(21)22)17-11-7-8-19-14(11)15(23)18-10-4-2-1-3-9(10)16(19)24/h1-4,11,14H,5-8H2,(H,17,20)(H,18,23)(H,21,22)/p-1/t11-,14-/m0/s1. The second-order valence-corrected chi connectivity index (χ2v) is 5.81. The summed E-state index contributed by atoms with van der Waals surface area (Å²) in [6.07, 6.45) is -0.173. The van der Waals surface area contributed by atoms with Crippen molar-refractivity contribution in [1.82, 2.24) is 10.2 Å². The third kappa shape index (κ3) is 2.94. The van der Waals surface area contributed by atoms with Crippen LogP contribution in [0.15, 0.2) is 24.3 Å². The maximum Gasteiger partial charge on any atom is 0.256 e. The molecule has 3 amide bonds. The van der Waals surface area contributed by atoms with Crippen molar-refractivity contribution in [2.24, 2.45) is 0 Å². The monoisotopic (exact) mass is 330 g/mol. The number of benzene rings is 1. The third-order valence-electron chi connectivity index (χ3n) is 4.25. The number of carbonyl (C=O) groups is 4. The fourth-order valence-corrected chi connectivity index (χ4v) is 3.13. The summed E-state index contributed by atoms with van der Waals surface area (Å²) in [5.41, 5.74) is 0.862. The quantitative estimate of drug-likeness (QED) is 0.724. The lowest BCUT2D eigenvalue weighted by Crippen LogP contribution is -2.51. The molecule has 126 valence electrons. The Labute approximate surface area is 137 Å². The molecule has 3 rings (SSSR count). The van der Waals surface area contributed by atoms with Crippen LogP contribution in [0.2, 0.25) is 0 Å². The second-order valence-electron chi connectivity index (χ2n) is 5.81. The highest BCUT2D eigenvalue weighted by Gasteiger charge is 2.45. The molecule has 2 heterocycles. The van der Waals surface area contributed by atoms with Crippen LogP contribution in [-0.2, 0) is 14.4 Å². The zero-order valence-electron chi connectivity index (χ0n) is 12.8. The molecule has 0 spiro atoms. The summed E-state index contributed by atoms with van der Waals surface area (Å²) in [5, 5.41) is 15.8. The normalized spacial score (nSPS) is 22.2. The molecule has 0 radical (unpaired) electrons. The van der Waals surface area contributed by atoms with Crippen LogP contribution in [0.3, 0.4) is 0 Å².